The van der Waals surface area contributed by atoms with Crippen LogP contribution in [-0.4, -0.2) is 47.4 Å². The van der Waals surface area contributed by atoms with Crippen molar-refractivity contribution in [2.24, 2.45) is 0 Å². The van der Waals surface area contributed by atoms with E-state index in [0.717, 1.165) is 5.56 Å². The number of hydrogen-bond donors (Lipinski definition) is 2. The molecule has 186 valence electrons. The lowest BCUT2D eigenvalue weighted by Crippen LogP contribution is -2.56. The summed E-state index contributed by atoms with van der Waals surface area (Å²) in [7, 11) is 0. The first-order valence-electron chi connectivity index (χ1n) is 10.9. The van der Waals surface area contributed by atoms with Gasteiger partial charge in [0.05, 0.1) is 12.6 Å². The van der Waals surface area contributed by atoms with Gasteiger partial charge in [-0.1, -0.05) is 42.5 Å². The van der Waals surface area contributed by atoms with Crippen molar-refractivity contribution in [2.75, 3.05) is 6.61 Å². The average Bonchev–Trinajstić information content (AvgIpc) is 2.77. The lowest BCUT2D eigenvalue weighted by molar-refractivity contribution is -0.191. The standard InChI is InChI=1S/C25H31F2NO6/c1-5-32-22(30)25(26,27)21(29)20(28-23(31)34-24(2,3)4)15-17-11-13-19(14-12-17)33-16-18-9-7-6-8-10-18/h6-14,20-21,29H,5,15-16H2,1-4H3,(H,28,31)/t20-,21-/m0/s1. The van der Waals surface area contributed by atoms with Gasteiger partial charge >= 0.3 is 18.0 Å². The van der Waals surface area contributed by atoms with E-state index < -0.39 is 35.7 Å². The van der Waals surface area contributed by atoms with Gasteiger partial charge < -0.3 is 24.6 Å². The molecule has 1 amide bonds. The third kappa shape index (κ3) is 8.30. The highest BCUT2D eigenvalue weighted by atomic mass is 19.3. The molecule has 0 heterocycles. The number of halogens is 2. The summed E-state index contributed by atoms with van der Waals surface area (Å²) in [6.07, 6.45) is -3.75. The van der Waals surface area contributed by atoms with Gasteiger partial charge in [0.15, 0.2) is 0 Å². The number of alkyl halides is 2. The molecular weight excluding hydrogens is 448 g/mol. The second-order valence-corrected chi connectivity index (χ2v) is 8.66. The Kier molecular flexibility index (Phi) is 9.37. The van der Waals surface area contributed by atoms with Crippen molar-refractivity contribution in [3.63, 3.8) is 0 Å². The van der Waals surface area contributed by atoms with Gasteiger partial charge in [0, 0.05) is 0 Å². The number of rotatable bonds is 10. The van der Waals surface area contributed by atoms with Crippen LogP contribution in [0.1, 0.15) is 38.8 Å². The molecular formula is C25H31F2NO6. The van der Waals surface area contributed by atoms with Gasteiger partial charge in [-0.15, -0.1) is 0 Å². The number of benzene rings is 2. The van der Waals surface area contributed by atoms with Crippen LogP contribution in [0.5, 0.6) is 5.75 Å². The summed E-state index contributed by atoms with van der Waals surface area (Å²) in [5.74, 6) is -5.56. The number of amides is 1. The molecule has 0 aliphatic heterocycles. The summed E-state index contributed by atoms with van der Waals surface area (Å²) in [5.41, 5.74) is 0.616. The van der Waals surface area contributed by atoms with Crippen molar-refractivity contribution in [3.8, 4) is 5.75 Å². The highest BCUT2D eigenvalue weighted by Crippen LogP contribution is 2.26. The third-order valence-corrected chi connectivity index (χ3v) is 4.63. The first kappa shape index (κ1) is 27.0. The molecule has 2 aromatic rings. The van der Waals surface area contributed by atoms with Crippen LogP contribution in [0.4, 0.5) is 13.6 Å². The Morgan fingerprint density at radius 1 is 1.00 bits per heavy atom. The predicted molar refractivity (Wildman–Crippen MR) is 122 cm³/mol. The predicted octanol–water partition coefficient (Wildman–Crippen LogP) is 4.26. The summed E-state index contributed by atoms with van der Waals surface area (Å²) >= 11 is 0. The number of aliphatic hydroxyl groups is 1. The van der Waals surface area contributed by atoms with Crippen LogP contribution in [0.15, 0.2) is 54.6 Å². The first-order chi connectivity index (χ1) is 15.9. The zero-order chi connectivity index (χ0) is 25.4. The zero-order valence-electron chi connectivity index (χ0n) is 19.7. The lowest BCUT2D eigenvalue weighted by atomic mass is 9.97. The number of carbonyl (C=O) groups excluding carboxylic acids is 2. The summed E-state index contributed by atoms with van der Waals surface area (Å²) < 4.78 is 44.3. The second-order valence-electron chi connectivity index (χ2n) is 8.66. The van der Waals surface area contributed by atoms with Crippen LogP contribution in [0.2, 0.25) is 0 Å². The minimum Gasteiger partial charge on any atom is -0.489 e. The monoisotopic (exact) mass is 479 g/mol. The van der Waals surface area contributed by atoms with Crippen LogP contribution in [-0.2, 0) is 27.3 Å². The summed E-state index contributed by atoms with van der Waals surface area (Å²) in [5, 5.41) is 12.6. The van der Waals surface area contributed by atoms with Gasteiger partial charge in [-0.05, 0) is 57.4 Å². The van der Waals surface area contributed by atoms with Crippen molar-refractivity contribution in [1.82, 2.24) is 5.32 Å². The third-order valence-electron chi connectivity index (χ3n) is 4.63. The smallest absolute Gasteiger partial charge is 0.407 e. The largest absolute Gasteiger partial charge is 0.489 e. The molecule has 0 aliphatic carbocycles. The first-order valence-corrected chi connectivity index (χ1v) is 10.9. The van der Waals surface area contributed by atoms with Crippen LogP contribution < -0.4 is 10.1 Å². The highest BCUT2D eigenvalue weighted by molar-refractivity contribution is 5.78. The van der Waals surface area contributed by atoms with Crippen molar-refractivity contribution in [2.45, 2.75) is 64.4 Å². The van der Waals surface area contributed by atoms with Gasteiger partial charge in [-0.2, -0.15) is 8.78 Å². The van der Waals surface area contributed by atoms with Crippen molar-refractivity contribution in [3.05, 3.63) is 65.7 Å². The number of esters is 1. The Labute approximate surface area is 198 Å². The van der Waals surface area contributed by atoms with Crippen LogP contribution in [0, 0.1) is 0 Å². The fraction of sp³-hybridized carbons (Fsp3) is 0.440. The summed E-state index contributed by atoms with van der Waals surface area (Å²) in [4.78, 5) is 24.0. The maximum atomic E-state index is 14.5. The minimum atomic E-state index is -4.24. The Morgan fingerprint density at radius 3 is 2.18 bits per heavy atom. The molecule has 0 bridgehead atoms. The van der Waals surface area contributed by atoms with E-state index in [-0.39, 0.29) is 13.0 Å². The maximum Gasteiger partial charge on any atom is 0.407 e. The quantitative estimate of drug-likeness (QED) is 0.495. The normalized spacial score (nSPS) is 13.5. The zero-order valence-corrected chi connectivity index (χ0v) is 19.7. The van der Waals surface area contributed by atoms with Crippen molar-refractivity contribution in [1.29, 1.82) is 0 Å². The number of hydrogen-bond acceptors (Lipinski definition) is 6. The molecule has 2 atom stereocenters. The molecule has 0 aliphatic rings. The molecule has 0 saturated carbocycles. The molecule has 34 heavy (non-hydrogen) atoms. The number of aliphatic hydroxyl groups excluding tert-OH is 1. The molecule has 0 aromatic heterocycles. The van der Waals surface area contributed by atoms with Crippen LogP contribution >= 0.6 is 0 Å². The van der Waals surface area contributed by atoms with Crippen molar-refractivity contribution < 1.29 is 37.7 Å². The number of carbonyl (C=O) groups is 2. The van der Waals surface area contributed by atoms with E-state index >= 15 is 0 Å². The van der Waals surface area contributed by atoms with Gasteiger partial charge in [0.25, 0.3) is 0 Å². The number of nitrogens with one attached hydrogen (secondary N) is 1. The fourth-order valence-corrected chi connectivity index (χ4v) is 3.02. The summed E-state index contributed by atoms with van der Waals surface area (Å²) in [6, 6.07) is 14.6. The highest BCUT2D eigenvalue weighted by Gasteiger charge is 2.52. The van der Waals surface area contributed by atoms with Gasteiger partial charge in [0.2, 0.25) is 0 Å². The van der Waals surface area contributed by atoms with E-state index in [2.05, 4.69) is 10.1 Å². The van der Waals surface area contributed by atoms with E-state index in [1.165, 1.54) is 6.92 Å². The molecule has 0 saturated heterocycles. The molecule has 2 aromatic carbocycles. The fourth-order valence-electron chi connectivity index (χ4n) is 3.02. The Balaban J connectivity index is 2.14. The Hall–Kier alpha value is -3.20. The van der Waals surface area contributed by atoms with E-state index in [1.54, 1.807) is 45.0 Å². The number of ether oxygens (including phenoxy) is 3. The Morgan fingerprint density at radius 2 is 1.62 bits per heavy atom. The summed E-state index contributed by atoms with van der Waals surface area (Å²) in [6.45, 7) is 6.28. The maximum absolute atomic E-state index is 14.5. The molecule has 0 spiro atoms. The van der Waals surface area contributed by atoms with E-state index in [0.29, 0.717) is 17.9 Å². The van der Waals surface area contributed by atoms with E-state index in [4.69, 9.17) is 9.47 Å². The topological polar surface area (TPSA) is 94.1 Å². The van der Waals surface area contributed by atoms with E-state index in [9.17, 15) is 23.5 Å². The number of alkyl carbamates (subject to hydrolysis) is 1. The van der Waals surface area contributed by atoms with Crippen molar-refractivity contribution >= 4 is 12.1 Å². The average molecular weight is 480 g/mol. The molecule has 0 fully saturated rings. The second kappa shape index (κ2) is 11.8. The minimum absolute atomic E-state index is 0.200. The lowest BCUT2D eigenvalue weighted by Gasteiger charge is -2.30. The van der Waals surface area contributed by atoms with Gasteiger partial charge in [-0.25, -0.2) is 9.59 Å². The molecule has 9 heteroatoms. The molecule has 0 unspecified atom stereocenters. The Bertz CT molecular complexity index is 929. The van der Waals surface area contributed by atoms with Gasteiger partial charge in [0.1, 0.15) is 24.1 Å². The van der Waals surface area contributed by atoms with Crippen LogP contribution in [0.3, 0.4) is 0 Å². The van der Waals surface area contributed by atoms with E-state index in [1.807, 2.05) is 30.3 Å². The molecule has 2 N–H and O–H groups in total. The molecule has 7 nitrogen and oxygen atoms in total. The molecule has 0 radical (unpaired) electrons. The molecule has 2 rings (SSSR count). The SMILES string of the molecule is CCOC(=O)C(F)(F)[C@@H](O)[C@H](Cc1ccc(OCc2ccccc2)cc1)NC(=O)OC(C)(C)C. The van der Waals surface area contributed by atoms with Crippen LogP contribution in [0.25, 0.3) is 0 Å². The van der Waals surface area contributed by atoms with Gasteiger partial charge in [-0.3, -0.25) is 0 Å².